The Morgan fingerprint density at radius 2 is 1.65 bits per heavy atom. The molecule has 2 aromatic rings. The topological polar surface area (TPSA) is 34.1 Å². The second-order valence-electron chi connectivity index (χ2n) is 7.42. The molecule has 2 aromatic carbocycles. The van der Waals surface area contributed by atoms with Crippen LogP contribution in [0.1, 0.15) is 71.0 Å². The highest BCUT2D eigenvalue weighted by molar-refractivity contribution is 9.10. The minimum absolute atomic E-state index is 0.00473. The van der Waals surface area contributed by atoms with Crippen LogP contribution in [0, 0.1) is 5.82 Å². The third-order valence-electron chi connectivity index (χ3n) is 5.22. The molecule has 0 aliphatic heterocycles. The molecule has 2 aliphatic rings. The summed E-state index contributed by atoms with van der Waals surface area (Å²) in [5, 5.41) is 0. The molecule has 4 rings (SSSR count). The maximum Gasteiger partial charge on any atom is 0.173 e. The number of hydrogen-bond acceptors (Lipinski definition) is 2. The molecule has 0 amide bonds. The molecule has 0 heterocycles. The molecule has 4 heteroatoms. The largest absolute Gasteiger partial charge is 0.299 e. The Morgan fingerprint density at radius 1 is 1.00 bits per heavy atom. The van der Waals surface area contributed by atoms with Gasteiger partial charge in [-0.05, 0) is 66.3 Å². The molecule has 26 heavy (non-hydrogen) atoms. The average molecular weight is 415 g/mol. The molecule has 0 N–H and O–H groups in total. The predicted molar refractivity (Wildman–Crippen MR) is 102 cm³/mol. The number of ketones is 2. The molecule has 2 nitrogen and oxygen atoms in total. The van der Waals surface area contributed by atoms with Gasteiger partial charge in [-0.2, -0.15) is 0 Å². The van der Waals surface area contributed by atoms with Crippen molar-refractivity contribution in [3.8, 4) is 0 Å². The summed E-state index contributed by atoms with van der Waals surface area (Å²) < 4.78 is 15.1. The van der Waals surface area contributed by atoms with Crippen LogP contribution in [0.4, 0.5) is 4.39 Å². The number of benzene rings is 2. The Balaban J connectivity index is 1.46. The lowest BCUT2D eigenvalue weighted by atomic mass is 9.95. The van der Waals surface area contributed by atoms with Gasteiger partial charge in [0.05, 0.1) is 12.0 Å². The van der Waals surface area contributed by atoms with E-state index in [0.29, 0.717) is 11.8 Å². The van der Waals surface area contributed by atoms with Crippen LogP contribution in [0.5, 0.6) is 0 Å². The maximum atomic E-state index is 14.4. The van der Waals surface area contributed by atoms with E-state index >= 15 is 0 Å². The lowest BCUT2D eigenvalue weighted by Gasteiger charge is -2.09. The monoisotopic (exact) mass is 414 g/mol. The molecule has 134 valence electrons. The van der Waals surface area contributed by atoms with E-state index < -0.39 is 11.6 Å². The van der Waals surface area contributed by atoms with E-state index in [1.165, 1.54) is 17.7 Å². The Hall–Kier alpha value is -1.81. The zero-order chi connectivity index (χ0) is 18.3. The quantitative estimate of drug-likeness (QED) is 0.428. The summed E-state index contributed by atoms with van der Waals surface area (Å²) in [7, 11) is 0. The number of carbonyl (C=O) groups is 2. The number of halogens is 2. The zero-order valence-electron chi connectivity index (χ0n) is 14.4. The van der Waals surface area contributed by atoms with Crippen molar-refractivity contribution < 1.29 is 14.0 Å². The van der Waals surface area contributed by atoms with E-state index in [1.54, 1.807) is 0 Å². The highest BCUT2D eigenvalue weighted by atomic mass is 79.9. The summed E-state index contributed by atoms with van der Waals surface area (Å²) in [6.45, 7) is 0. The summed E-state index contributed by atoms with van der Waals surface area (Å²) >= 11 is 3.44. The Morgan fingerprint density at radius 3 is 2.35 bits per heavy atom. The summed E-state index contributed by atoms with van der Waals surface area (Å²) in [5.41, 5.74) is 3.14. The van der Waals surface area contributed by atoms with Crippen LogP contribution in [-0.2, 0) is 11.2 Å². The van der Waals surface area contributed by atoms with E-state index in [0.717, 1.165) is 41.3 Å². The van der Waals surface area contributed by atoms with Gasteiger partial charge in [0.2, 0.25) is 0 Å². The van der Waals surface area contributed by atoms with E-state index in [2.05, 4.69) is 22.0 Å². The van der Waals surface area contributed by atoms with Gasteiger partial charge in [0.1, 0.15) is 11.6 Å². The molecule has 0 atom stereocenters. The fraction of sp³-hybridized carbons (Fsp3) is 0.364. The lowest BCUT2D eigenvalue weighted by molar-refractivity contribution is -0.117. The number of rotatable bonds is 7. The van der Waals surface area contributed by atoms with Gasteiger partial charge in [0.25, 0.3) is 0 Å². The van der Waals surface area contributed by atoms with Gasteiger partial charge in [-0.25, -0.2) is 4.39 Å². The second-order valence-corrected chi connectivity index (χ2v) is 8.27. The van der Waals surface area contributed by atoms with Crippen LogP contribution in [0.25, 0.3) is 0 Å². The van der Waals surface area contributed by atoms with E-state index in [1.807, 2.05) is 18.2 Å². The molecule has 0 aromatic heterocycles. The highest BCUT2D eigenvalue weighted by Crippen LogP contribution is 2.44. The van der Waals surface area contributed by atoms with Gasteiger partial charge in [0.15, 0.2) is 5.78 Å². The molecule has 2 fully saturated rings. The van der Waals surface area contributed by atoms with Crippen LogP contribution >= 0.6 is 15.9 Å². The third-order valence-corrected chi connectivity index (χ3v) is 5.91. The highest BCUT2D eigenvalue weighted by Gasteiger charge is 2.29. The van der Waals surface area contributed by atoms with Crippen molar-refractivity contribution in [3.05, 3.63) is 68.9 Å². The van der Waals surface area contributed by atoms with Gasteiger partial charge in [-0.15, -0.1) is 0 Å². The third kappa shape index (κ3) is 3.80. The molecular weight excluding hydrogens is 395 g/mol. The molecule has 0 spiro atoms. The van der Waals surface area contributed by atoms with Crippen LogP contribution in [0.2, 0.25) is 0 Å². The van der Waals surface area contributed by atoms with Crippen molar-refractivity contribution in [1.82, 2.24) is 0 Å². The van der Waals surface area contributed by atoms with Crippen molar-refractivity contribution in [1.29, 1.82) is 0 Å². The number of carbonyl (C=O) groups excluding carboxylic acids is 2. The van der Waals surface area contributed by atoms with Crippen molar-refractivity contribution in [3.63, 3.8) is 0 Å². The van der Waals surface area contributed by atoms with Gasteiger partial charge in [0, 0.05) is 10.9 Å². The van der Waals surface area contributed by atoms with Crippen LogP contribution in [0.3, 0.4) is 0 Å². The first kappa shape index (κ1) is 17.6. The maximum absolute atomic E-state index is 14.4. The molecule has 0 bridgehead atoms. The number of hydrogen-bond donors (Lipinski definition) is 0. The van der Waals surface area contributed by atoms with Crippen molar-refractivity contribution >= 4 is 27.5 Å². The Bertz CT molecular complexity index is 882. The first-order valence-corrected chi connectivity index (χ1v) is 9.94. The summed E-state index contributed by atoms with van der Waals surface area (Å²) in [6, 6.07) is 10.9. The van der Waals surface area contributed by atoms with Crippen molar-refractivity contribution in [2.45, 2.75) is 50.4 Å². The van der Waals surface area contributed by atoms with Crippen LogP contribution < -0.4 is 0 Å². The lowest BCUT2D eigenvalue weighted by Crippen LogP contribution is -2.13. The normalized spacial score (nSPS) is 16.5. The van der Waals surface area contributed by atoms with Gasteiger partial charge in [-0.3, -0.25) is 9.59 Å². The molecule has 2 aliphatic carbocycles. The SMILES string of the molecule is O=C(CC(=O)c1cc(Br)c(C2CC2)cc1F)Cc1ccccc1C1CC1. The number of Topliss-reactive ketones (excluding diaryl/α,β-unsaturated/α-hetero) is 2. The molecule has 0 unspecified atom stereocenters. The van der Waals surface area contributed by atoms with Crippen molar-refractivity contribution in [2.24, 2.45) is 0 Å². The fourth-order valence-corrected chi connectivity index (χ4v) is 4.19. The van der Waals surface area contributed by atoms with Gasteiger partial charge in [-0.1, -0.05) is 40.2 Å². The molecular formula is C22H20BrFO2. The first-order chi connectivity index (χ1) is 12.5. The zero-order valence-corrected chi connectivity index (χ0v) is 16.0. The molecule has 2 saturated carbocycles. The summed E-state index contributed by atoms with van der Waals surface area (Å²) in [6.07, 6.45) is 4.42. The smallest absolute Gasteiger partial charge is 0.173 e. The molecule has 0 saturated heterocycles. The Labute approximate surface area is 160 Å². The van der Waals surface area contributed by atoms with Gasteiger partial charge >= 0.3 is 0 Å². The average Bonchev–Trinajstić information content (AvgIpc) is 3.49. The van der Waals surface area contributed by atoms with Crippen molar-refractivity contribution in [2.75, 3.05) is 0 Å². The van der Waals surface area contributed by atoms with Gasteiger partial charge < -0.3 is 0 Å². The van der Waals surface area contributed by atoms with E-state index in [4.69, 9.17) is 0 Å². The van der Waals surface area contributed by atoms with Crippen LogP contribution in [-0.4, -0.2) is 11.6 Å². The fourth-order valence-electron chi connectivity index (χ4n) is 3.52. The molecule has 0 radical (unpaired) electrons. The minimum atomic E-state index is -0.522. The first-order valence-electron chi connectivity index (χ1n) is 9.14. The summed E-state index contributed by atoms with van der Waals surface area (Å²) in [5.74, 6) is -0.183. The Kier molecular flexibility index (Phi) is 4.78. The van der Waals surface area contributed by atoms with E-state index in [-0.39, 0.29) is 24.2 Å². The van der Waals surface area contributed by atoms with Crippen LogP contribution in [0.15, 0.2) is 40.9 Å². The summed E-state index contributed by atoms with van der Waals surface area (Å²) in [4.78, 5) is 24.9. The standard InChI is InChI=1S/C22H20BrFO2/c23-20-11-19(21(24)12-18(20)14-7-8-14)22(26)10-16(25)9-15-3-1-2-4-17(15)13-5-6-13/h1-4,11-14H,5-10H2. The second kappa shape index (κ2) is 7.07. The van der Waals surface area contributed by atoms with E-state index in [9.17, 15) is 14.0 Å². The minimum Gasteiger partial charge on any atom is -0.299 e. The predicted octanol–water partition coefficient (Wildman–Crippen LogP) is 5.73.